The third kappa shape index (κ3) is 1.18. The van der Waals surface area contributed by atoms with Gasteiger partial charge in [-0.3, -0.25) is 4.79 Å². The van der Waals surface area contributed by atoms with Gasteiger partial charge in [0.15, 0.2) is 0 Å². The Morgan fingerprint density at radius 2 is 2.00 bits per heavy atom. The lowest BCUT2D eigenvalue weighted by atomic mass is 10.1. The van der Waals surface area contributed by atoms with Gasteiger partial charge in [0.2, 0.25) is 0 Å². The van der Waals surface area contributed by atoms with Crippen LogP contribution >= 0.6 is 0 Å². The zero-order valence-electron chi connectivity index (χ0n) is 8.11. The summed E-state index contributed by atoms with van der Waals surface area (Å²) in [6.45, 7) is 1.86. The van der Waals surface area contributed by atoms with E-state index in [0.29, 0.717) is 0 Å². The van der Waals surface area contributed by atoms with Gasteiger partial charge in [-0.1, -0.05) is 0 Å². The zero-order chi connectivity index (χ0) is 10.3. The Kier molecular flexibility index (Phi) is 1.81. The second kappa shape index (κ2) is 2.87. The van der Waals surface area contributed by atoms with E-state index in [1.807, 2.05) is 6.92 Å². The molecule has 0 unspecified atom stereocenters. The van der Waals surface area contributed by atoms with Crippen molar-refractivity contribution in [3.63, 3.8) is 0 Å². The molecule has 3 heteroatoms. The van der Waals surface area contributed by atoms with E-state index in [2.05, 4.69) is 0 Å². The molecule has 1 aromatic heterocycles. The van der Waals surface area contributed by atoms with Gasteiger partial charge in [-0.2, -0.15) is 0 Å². The van der Waals surface area contributed by atoms with Crippen molar-refractivity contribution in [1.82, 2.24) is 4.57 Å². The van der Waals surface area contributed by atoms with Crippen molar-refractivity contribution >= 4 is 10.9 Å². The SMILES string of the molecule is Cc1cc(=O)n(C)c2ccc(O)cc12. The number of aryl methyl sites for hydroxylation is 2. The molecule has 0 aliphatic heterocycles. The van der Waals surface area contributed by atoms with Crippen LogP contribution in [0.3, 0.4) is 0 Å². The van der Waals surface area contributed by atoms with Crippen molar-refractivity contribution in [2.75, 3.05) is 0 Å². The summed E-state index contributed by atoms with van der Waals surface area (Å²) in [4.78, 5) is 11.4. The summed E-state index contributed by atoms with van der Waals surface area (Å²) in [6.07, 6.45) is 0. The quantitative estimate of drug-likeness (QED) is 0.683. The first-order valence-corrected chi connectivity index (χ1v) is 4.39. The third-order valence-corrected chi connectivity index (χ3v) is 2.44. The van der Waals surface area contributed by atoms with Gasteiger partial charge in [0.25, 0.3) is 5.56 Å². The number of nitrogens with zero attached hydrogens (tertiary/aromatic N) is 1. The van der Waals surface area contributed by atoms with Crippen LogP contribution in [0.4, 0.5) is 0 Å². The largest absolute Gasteiger partial charge is 0.508 e. The Labute approximate surface area is 81.2 Å². The van der Waals surface area contributed by atoms with Crippen LogP contribution in [0.5, 0.6) is 5.75 Å². The monoisotopic (exact) mass is 189 g/mol. The maximum absolute atomic E-state index is 11.4. The molecule has 0 aliphatic rings. The normalized spacial score (nSPS) is 10.7. The number of hydrogen-bond donors (Lipinski definition) is 1. The molecule has 0 radical (unpaired) electrons. The fourth-order valence-electron chi connectivity index (χ4n) is 1.61. The van der Waals surface area contributed by atoms with Crippen molar-refractivity contribution in [3.05, 3.63) is 40.2 Å². The summed E-state index contributed by atoms with van der Waals surface area (Å²) in [6, 6.07) is 6.58. The molecule has 1 aromatic carbocycles. The topological polar surface area (TPSA) is 42.2 Å². The highest BCUT2D eigenvalue weighted by Gasteiger charge is 2.03. The Hall–Kier alpha value is -1.77. The number of aromatic nitrogens is 1. The number of aromatic hydroxyl groups is 1. The molecule has 0 aliphatic carbocycles. The molecule has 0 atom stereocenters. The Bertz CT molecular complexity index is 555. The molecular formula is C11H11NO2. The maximum atomic E-state index is 11.4. The smallest absolute Gasteiger partial charge is 0.251 e. The minimum atomic E-state index is -0.0271. The number of fused-ring (bicyclic) bond motifs is 1. The average Bonchev–Trinajstić information content (AvgIpc) is 2.14. The molecule has 0 saturated heterocycles. The van der Waals surface area contributed by atoms with Crippen molar-refractivity contribution in [3.8, 4) is 5.75 Å². The molecular weight excluding hydrogens is 178 g/mol. The van der Waals surface area contributed by atoms with Crippen LogP contribution in [-0.2, 0) is 7.05 Å². The van der Waals surface area contributed by atoms with Crippen molar-refractivity contribution in [2.24, 2.45) is 7.05 Å². The first kappa shape index (κ1) is 8.81. The van der Waals surface area contributed by atoms with Crippen LogP contribution in [-0.4, -0.2) is 9.67 Å². The van der Waals surface area contributed by atoms with Crippen LogP contribution in [0.15, 0.2) is 29.1 Å². The van der Waals surface area contributed by atoms with Gasteiger partial charge in [0.1, 0.15) is 5.75 Å². The van der Waals surface area contributed by atoms with Crippen LogP contribution in [0.25, 0.3) is 10.9 Å². The minimum Gasteiger partial charge on any atom is -0.508 e. The summed E-state index contributed by atoms with van der Waals surface area (Å²) < 4.78 is 1.57. The number of rotatable bonds is 0. The number of pyridine rings is 1. The predicted molar refractivity (Wildman–Crippen MR) is 55.6 cm³/mol. The molecule has 0 saturated carbocycles. The van der Waals surface area contributed by atoms with E-state index in [9.17, 15) is 9.90 Å². The summed E-state index contributed by atoms with van der Waals surface area (Å²) in [7, 11) is 1.72. The van der Waals surface area contributed by atoms with Gasteiger partial charge in [0, 0.05) is 18.5 Å². The molecule has 1 heterocycles. The molecule has 2 rings (SSSR count). The van der Waals surface area contributed by atoms with Gasteiger partial charge >= 0.3 is 0 Å². The molecule has 0 bridgehead atoms. The maximum Gasteiger partial charge on any atom is 0.251 e. The van der Waals surface area contributed by atoms with Crippen molar-refractivity contribution in [2.45, 2.75) is 6.92 Å². The highest BCUT2D eigenvalue weighted by molar-refractivity contribution is 5.83. The van der Waals surface area contributed by atoms with Gasteiger partial charge in [-0.05, 0) is 30.7 Å². The standard InChI is InChI=1S/C11H11NO2/c1-7-5-11(14)12(2)10-4-3-8(13)6-9(7)10/h3-6,13H,1-2H3. The van der Waals surface area contributed by atoms with E-state index >= 15 is 0 Å². The van der Waals surface area contributed by atoms with Crippen LogP contribution in [0, 0.1) is 6.92 Å². The summed E-state index contributed by atoms with van der Waals surface area (Å²) in [5, 5.41) is 10.2. The van der Waals surface area contributed by atoms with E-state index < -0.39 is 0 Å². The van der Waals surface area contributed by atoms with E-state index in [4.69, 9.17) is 0 Å². The predicted octanol–water partition coefficient (Wildman–Crippen LogP) is 1.55. The fourth-order valence-corrected chi connectivity index (χ4v) is 1.61. The fraction of sp³-hybridized carbons (Fsp3) is 0.182. The number of hydrogen-bond acceptors (Lipinski definition) is 2. The van der Waals surface area contributed by atoms with Crippen molar-refractivity contribution < 1.29 is 5.11 Å². The Morgan fingerprint density at radius 3 is 2.71 bits per heavy atom. The molecule has 0 fully saturated rings. The molecule has 72 valence electrons. The molecule has 14 heavy (non-hydrogen) atoms. The van der Waals surface area contributed by atoms with E-state index in [0.717, 1.165) is 16.5 Å². The third-order valence-electron chi connectivity index (χ3n) is 2.44. The highest BCUT2D eigenvalue weighted by atomic mass is 16.3. The second-order valence-corrected chi connectivity index (χ2v) is 3.43. The molecule has 0 amide bonds. The number of benzene rings is 1. The number of phenols is 1. The summed E-state index contributed by atoms with van der Waals surface area (Å²) in [5.74, 6) is 0.222. The lowest BCUT2D eigenvalue weighted by molar-refractivity contribution is 0.476. The van der Waals surface area contributed by atoms with Crippen molar-refractivity contribution in [1.29, 1.82) is 0 Å². The highest BCUT2D eigenvalue weighted by Crippen LogP contribution is 2.20. The summed E-state index contributed by atoms with van der Waals surface area (Å²) in [5.41, 5.74) is 1.70. The minimum absolute atomic E-state index is 0.0271. The second-order valence-electron chi connectivity index (χ2n) is 3.43. The Balaban J connectivity index is 3.02. The van der Waals surface area contributed by atoms with Gasteiger partial charge in [-0.25, -0.2) is 0 Å². The zero-order valence-corrected chi connectivity index (χ0v) is 8.11. The molecule has 3 nitrogen and oxygen atoms in total. The van der Waals surface area contributed by atoms with E-state index in [-0.39, 0.29) is 11.3 Å². The first-order valence-electron chi connectivity index (χ1n) is 4.39. The lowest BCUT2D eigenvalue weighted by Gasteiger charge is -2.07. The molecule has 0 spiro atoms. The van der Waals surface area contributed by atoms with Gasteiger partial charge in [0.05, 0.1) is 5.52 Å². The van der Waals surface area contributed by atoms with Crippen LogP contribution in [0.1, 0.15) is 5.56 Å². The van der Waals surface area contributed by atoms with Gasteiger partial charge in [-0.15, -0.1) is 0 Å². The summed E-state index contributed by atoms with van der Waals surface area (Å²) >= 11 is 0. The van der Waals surface area contributed by atoms with E-state index in [1.165, 1.54) is 0 Å². The first-order chi connectivity index (χ1) is 6.59. The number of phenolic OH excluding ortho intramolecular Hbond substituents is 1. The average molecular weight is 189 g/mol. The van der Waals surface area contributed by atoms with Gasteiger partial charge < -0.3 is 9.67 Å². The molecule has 2 aromatic rings. The lowest BCUT2D eigenvalue weighted by Crippen LogP contribution is -2.16. The molecule has 1 N–H and O–H groups in total. The Morgan fingerprint density at radius 1 is 1.29 bits per heavy atom. The van der Waals surface area contributed by atoms with Crippen LogP contribution in [0.2, 0.25) is 0 Å². The van der Waals surface area contributed by atoms with E-state index in [1.54, 1.807) is 35.9 Å². The van der Waals surface area contributed by atoms with Crippen LogP contribution < -0.4 is 5.56 Å².